The van der Waals surface area contributed by atoms with Gasteiger partial charge in [-0.1, -0.05) is 13.8 Å². The quantitative estimate of drug-likeness (QED) is 0.320. The number of carbonyl (C=O) groups excluding carboxylic acids is 3. The van der Waals surface area contributed by atoms with Gasteiger partial charge < -0.3 is 16.0 Å². The maximum Gasteiger partial charge on any atom is 0.405 e. The Kier molecular flexibility index (Phi) is 10.7. The van der Waals surface area contributed by atoms with Gasteiger partial charge in [0.25, 0.3) is 5.91 Å². The summed E-state index contributed by atoms with van der Waals surface area (Å²) in [4.78, 5) is 38.7. The lowest BCUT2D eigenvalue weighted by atomic mass is 9.88. The topological polar surface area (TPSA) is 129 Å². The first-order chi connectivity index (χ1) is 19.9. The van der Waals surface area contributed by atoms with Crippen molar-refractivity contribution in [2.75, 3.05) is 11.9 Å². The van der Waals surface area contributed by atoms with Gasteiger partial charge in [-0.25, -0.2) is 4.39 Å². The van der Waals surface area contributed by atoms with Gasteiger partial charge >= 0.3 is 6.18 Å². The highest BCUT2D eigenvalue weighted by Crippen LogP contribution is 2.51. The van der Waals surface area contributed by atoms with E-state index in [-0.39, 0.29) is 46.3 Å². The van der Waals surface area contributed by atoms with Crippen molar-refractivity contribution in [3.05, 3.63) is 47.0 Å². The van der Waals surface area contributed by atoms with Gasteiger partial charge in [-0.15, -0.1) is 0 Å². The fourth-order valence-corrected chi connectivity index (χ4v) is 4.95. The molecule has 1 unspecified atom stereocenters. The molecule has 0 aliphatic heterocycles. The van der Waals surface area contributed by atoms with E-state index in [0.29, 0.717) is 0 Å². The van der Waals surface area contributed by atoms with Crippen LogP contribution in [0.5, 0.6) is 0 Å². The van der Waals surface area contributed by atoms with Crippen molar-refractivity contribution in [3.63, 3.8) is 0 Å². The van der Waals surface area contributed by atoms with Gasteiger partial charge in [0.2, 0.25) is 11.8 Å². The second kappa shape index (κ2) is 13.8. The summed E-state index contributed by atoms with van der Waals surface area (Å²) in [5.74, 6) is -2.79. The lowest BCUT2D eigenvalue weighted by Gasteiger charge is -2.28. The van der Waals surface area contributed by atoms with Crippen LogP contribution in [0.25, 0.3) is 0 Å². The predicted octanol–water partition coefficient (Wildman–Crippen LogP) is 4.90. The molecule has 0 saturated heterocycles. The number of hydrogen-bond donors (Lipinski definition) is 3. The van der Waals surface area contributed by atoms with Gasteiger partial charge in [-0.2, -0.15) is 23.5 Å². The van der Waals surface area contributed by atoms with E-state index in [9.17, 15) is 32.8 Å². The Balaban J connectivity index is 0.00000237. The Morgan fingerprint density at radius 1 is 1.12 bits per heavy atom. The zero-order chi connectivity index (χ0) is 31.2. The number of rotatable bonds is 11. The maximum atomic E-state index is 15.1. The number of hydrogen-bond acceptors (Lipinski definition) is 5. The molecule has 13 heteroatoms. The van der Waals surface area contributed by atoms with Crippen LogP contribution in [0.1, 0.15) is 81.0 Å². The minimum absolute atomic E-state index is 0.0988. The average Bonchev–Trinajstić information content (AvgIpc) is 3.88. The maximum absolute atomic E-state index is 15.1. The third-order valence-corrected chi connectivity index (χ3v) is 7.09. The molecule has 0 spiro atoms. The minimum atomic E-state index is -4.62. The summed E-state index contributed by atoms with van der Waals surface area (Å²) < 4.78 is 53.7. The molecule has 2 aromatic rings. The molecule has 1 atom stereocenters. The van der Waals surface area contributed by atoms with Crippen molar-refractivity contribution in [3.8, 4) is 6.07 Å². The molecule has 0 bridgehead atoms. The standard InChI is InChI=1S/C27H30F4N6O3.C2H6/c1-14(2)37-21(7-8-34-37)25(39)36-24(23(15-3-4-15)16-5-6-16)26(40)35-20-10-18(12-32)17(9-19(20)28)11-22(38)33-13-27(29,30)31;1-2/h7-10,14-16,23-24H,3-6,11,13H2,1-2H3,(H,33,38)(H,35,40)(H,36,39);1-2H3. The number of amides is 3. The van der Waals surface area contributed by atoms with Gasteiger partial charge in [-0.3, -0.25) is 19.1 Å². The van der Waals surface area contributed by atoms with E-state index in [0.717, 1.165) is 37.8 Å². The number of nitrogens with one attached hydrogen (secondary N) is 3. The molecule has 2 fully saturated rings. The Labute approximate surface area is 242 Å². The molecule has 4 rings (SSSR count). The number of halogens is 4. The molecule has 2 aliphatic rings. The molecule has 0 radical (unpaired) electrons. The molecule has 3 amide bonds. The molecule has 2 saturated carbocycles. The first kappa shape index (κ1) is 32.6. The van der Waals surface area contributed by atoms with Gasteiger partial charge in [-0.05, 0) is 81.0 Å². The van der Waals surface area contributed by atoms with E-state index in [1.54, 1.807) is 17.5 Å². The fraction of sp³-hybridized carbons (Fsp3) is 0.552. The molecule has 1 aromatic heterocycles. The first-order valence-corrected chi connectivity index (χ1v) is 14.1. The number of aromatic nitrogens is 2. The molecular weight excluding hydrogens is 556 g/mol. The SMILES string of the molecule is CC.CC(C)n1nccc1C(=O)NC(C(=O)Nc1cc(C#N)c(CC(=O)NCC(F)(F)F)cc1F)C(C1CC1)C1CC1. The van der Waals surface area contributed by atoms with Crippen molar-refractivity contribution in [2.24, 2.45) is 17.8 Å². The fourth-order valence-electron chi connectivity index (χ4n) is 4.95. The summed E-state index contributed by atoms with van der Waals surface area (Å²) in [6.45, 7) is 6.17. The van der Waals surface area contributed by atoms with Crippen LogP contribution < -0.4 is 16.0 Å². The van der Waals surface area contributed by atoms with E-state index >= 15 is 4.39 Å². The van der Waals surface area contributed by atoms with Crippen LogP contribution in [0.15, 0.2) is 24.4 Å². The number of anilines is 1. The monoisotopic (exact) mass is 592 g/mol. The Morgan fingerprint density at radius 3 is 2.26 bits per heavy atom. The number of nitriles is 1. The highest BCUT2D eigenvalue weighted by atomic mass is 19.4. The van der Waals surface area contributed by atoms with Crippen LogP contribution in [0.3, 0.4) is 0 Å². The van der Waals surface area contributed by atoms with Gasteiger partial charge in [0, 0.05) is 12.2 Å². The van der Waals surface area contributed by atoms with E-state index in [1.807, 2.05) is 27.7 Å². The highest BCUT2D eigenvalue weighted by Gasteiger charge is 2.48. The molecule has 3 N–H and O–H groups in total. The third-order valence-electron chi connectivity index (χ3n) is 7.09. The highest BCUT2D eigenvalue weighted by molar-refractivity contribution is 6.01. The molecule has 9 nitrogen and oxygen atoms in total. The van der Waals surface area contributed by atoms with Crippen LogP contribution in [0.2, 0.25) is 0 Å². The van der Waals surface area contributed by atoms with Crippen LogP contribution >= 0.6 is 0 Å². The van der Waals surface area contributed by atoms with Crippen LogP contribution in [0, 0.1) is 34.9 Å². The molecular formula is C29H36F4N6O3. The third kappa shape index (κ3) is 8.53. The van der Waals surface area contributed by atoms with Gasteiger partial charge in [0.05, 0.1) is 23.7 Å². The first-order valence-electron chi connectivity index (χ1n) is 14.1. The van der Waals surface area contributed by atoms with Crippen molar-refractivity contribution in [1.82, 2.24) is 20.4 Å². The lowest BCUT2D eigenvalue weighted by molar-refractivity contribution is -0.138. The summed E-state index contributed by atoms with van der Waals surface area (Å²) in [6, 6.07) is 4.15. The lowest BCUT2D eigenvalue weighted by Crippen LogP contribution is -2.50. The Morgan fingerprint density at radius 2 is 1.74 bits per heavy atom. The zero-order valence-electron chi connectivity index (χ0n) is 24.0. The second-order valence-electron chi connectivity index (χ2n) is 10.6. The summed E-state index contributed by atoms with van der Waals surface area (Å²) >= 11 is 0. The molecule has 1 heterocycles. The molecule has 42 heavy (non-hydrogen) atoms. The average molecular weight is 593 g/mol. The predicted molar refractivity (Wildman–Crippen MR) is 147 cm³/mol. The van der Waals surface area contributed by atoms with Crippen LogP contribution in [-0.2, 0) is 16.0 Å². The van der Waals surface area contributed by atoms with Crippen LogP contribution in [0.4, 0.5) is 23.2 Å². The molecule has 228 valence electrons. The van der Waals surface area contributed by atoms with Gasteiger partial charge in [0.15, 0.2) is 0 Å². The van der Waals surface area contributed by atoms with E-state index in [2.05, 4.69) is 15.7 Å². The van der Waals surface area contributed by atoms with Crippen molar-refractivity contribution < 1.29 is 31.9 Å². The summed E-state index contributed by atoms with van der Waals surface area (Å²) in [5.41, 5.74) is -0.360. The largest absolute Gasteiger partial charge is 0.405 e. The van der Waals surface area contributed by atoms with Crippen molar-refractivity contribution >= 4 is 23.4 Å². The number of alkyl halides is 3. The summed E-state index contributed by atoms with van der Waals surface area (Å²) in [7, 11) is 0. The Hall–Kier alpha value is -3.95. The minimum Gasteiger partial charge on any atom is -0.347 e. The Bertz CT molecular complexity index is 1310. The number of carbonyl (C=O) groups is 3. The second-order valence-corrected chi connectivity index (χ2v) is 10.6. The van der Waals surface area contributed by atoms with Crippen molar-refractivity contribution in [1.29, 1.82) is 5.26 Å². The number of benzene rings is 1. The van der Waals surface area contributed by atoms with Crippen molar-refractivity contribution in [2.45, 2.75) is 78.1 Å². The molecule has 2 aliphatic carbocycles. The summed E-state index contributed by atoms with van der Waals surface area (Å²) in [5, 5.41) is 20.7. The smallest absolute Gasteiger partial charge is 0.347 e. The normalized spacial score (nSPS) is 15.4. The summed E-state index contributed by atoms with van der Waals surface area (Å²) in [6.07, 6.45) is -0.103. The van der Waals surface area contributed by atoms with Gasteiger partial charge in [0.1, 0.15) is 24.1 Å². The van der Waals surface area contributed by atoms with E-state index in [4.69, 9.17) is 0 Å². The van der Waals surface area contributed by atoms with E-state index in [1.165, 1.54) is 10.9 Å². The molecule has 1 aromatic carbocycles. The van der Waals surface area contributed by atoms with E-state index < -0.39 is 48.7 Å². The van der Waals surface area contributed by atoms with Crippen LogP contribution in [-0.4, -0.2) is 46.3 Å². The zero-order valence-corrected chi connectivity index (χ0v) is 24.0. The number of nitrogens with zero attached hydrogens (tertiary/aromatic N) is 3.